The van der Waals surface area contributed by atoms with Crippen LogP contribution in [0.4, 0.5) is 4.39 Å². The van der Waals surface area contributed by atoms with Crippen molar-refractivity contribution in [3.8, 4) is 17.1 Å². The number of hydrogen-bond acceptors (Lipinski definition) is 5. The van der Waals surface area contributed by atoms with Crippen molar-refractivity contribution >= 4 is 0 Å². The summed E-state index contributed by atoms with van der Waals surface area (Å²) < 4.78 is 14.9. The van der Waals surface area contributed by atoms with Crippen LogP contribution in [0.5, 0.6) is 0 Å². The van der Waals surface area contributed by atoms with E-state index >= 15 is 0 Å². The zero-order chi connectivity index (χ0) is 20.5. The molecule has 0 fully saturated rings. The fraction of sp³-hybridized carbons (Fsp3) is 0.182. The molecule has 1 aliphatic heterocycles. The molecular formula is C22H19FN6O. The highest BCUT2D eigenvalue weighted by molar-refractivity contribution is 5.53. The Balaban J connectivity index is 1.35. The fourth-order valence-corrected chi connectivity index (χ4v) is 3.70. The number of H-pyrrole nitrogens is 1. The van der Waals surface area contributed by atoms with Crippen molar-refractivity contribution in [1.29, 1.82) is 0 Å². The molecule has 0 amide bonds. The SMILES string of the molecule is O=c1[nH]c(-c2cccnc2)nc2c1CCN(Cc1cnn(-c3ccc(F)cc3)c1)C2. The molecule has 0 bridgehead atoms. The molecule has 1 aliphatic rings. The molecule has 0 radical (unpaired) electrons. The maximum absolute atomic E-state index is 13.1. The summed E-state index contributed by atoms with van der Waals surface area (Å²) in [5.74, 6) is 0.268. The van der Waals surface area contributed by atoms with Crippen LogP contribution < -0.4 is 5.56 Å². The van der Waals surface area contributed by atoms with Crippen LogP contribution in [-0.2, 0) is 19.5 Å². The average Bonchev–Trinajstić information content (AvgIpc) is 3.23. The lowest BCUT2D eigenvalue weighted by Gasteiger charge is -2.27. The number of fused-ring (bicyclic) bond motifs is 1. The Labute approximate surface area is 171 Å². The molecule has 0 saturated carbocycles. The van der Waals surface area contributed by atoms with Crippen molar-refractivity contribution < 1.29 is 4.39 Å². The number of halogens is 1. The molecule has 4 heterocycles. The Kier molecular flexibility index (Phi) is 4.68. The van der Waals surface area contributed by atoms with Crippen LogP contribution in [0.2, 0.25) is 0 Å². The summed E-state index contributed by atoms with van der Waals surface area (Å²) >= 11 is 0. The van der Waals surface area contributed by atoms with E-state index in [0.717, 1.165) is 34.6 Å². The molecule has 0 atom stereocenters. The number of pyridine rings is 1. The number of nitrogens with one attached hydrogen (secondary N) is 1. The topological polar surface area (TPSA) is 79.7 Å². The first-order chi connectivity index (χ1) is 14.7. The number of rotatable bonds is 4. The van der Waals surface area contributed by atoms with Gasteiger partial charge >= 0.3 is 0 Å². The van der Waals surface area contributed by atoms with Gasteiger partial charge in [0.2, 0.25) is 0 Å². The van der Waals surface area contributed by atoms with Gasteiger partial charge in [0.1, 0.15) is 11.6 Å². The standard InChI is InChI=1S/C22H19FN6O/c23-17-3-5-18(6-4-17)29-13-15(10-25-29)12-28-9-7-19-20(14-28)26-21(27-22(19)30)16-2-1-8-24-11-16/h1-6,8,10-11,13H,7,9,12,14H2,(H,26,27,30). The van der Waals surface area contributed by atoms with Crippen LogP contribution in [0, 0.1) is 5.82 Å². The lowest BCUT2D eigenvalue weighted by atomic mass is 10.1. The molecular weight excluding hydrogens is 383 g/mol. The third kappa shape index (κ3) is 3.65. The molecule has 1 aromatic carbocycles. The predicted octanol–water partition coefficient (Wildman–Crippen LogP) is 2.72. The number of benzene rings is 1. The summed E-state index contributed by atoms with van der Waals surface area (Å²) in [5.41, 5.74) is 4.11. The van der Waals surface area contributed by atoms with E-state index in [1.54, 1.807) is 29.2 Å². The molecule has 8 heteroatoms. The highest BCUT2D eigenvalue weighted by Crippen LogP contribution is 2.20. The monoisotopic (exact) mass is 402 g/mol. The van der Waals surface area contributed by atoms with E-state index < -0.39 is 0 Å². The van der Waals surface area contributed by atoms with Gasteiger partial charge in [0.05, 0.1) is 17.6 Å². The van der Waals surface area contributed by atoms with E-state index in [4.69, 9.17) is 4.98 Å². The second kappa shape index (κ2) is 7.64. The van der Waals surface area contributed by atoms with Gasteiger partial charge in [0, 0.05) is 54.9 Å². The first-order valence-corrected chi connectivity index (χ1v) is 9.70. The molecule has 7 nitrogen and oxygen atoms in total. The summed E-state index contributed by atoms with van der Waals surface area (Å²) in [5, 5.41) is 4.38. The minimum Gasteiger partial charge on any atom is -0.306 e. The van der Waals surface area contributed by atoms with Crippen LogP contribution >= 0.6 is 0 Å². The minimum absolute atomic E-state index is 0.0809. The Morgan fingerprint density at radius 1 is 1.13 bits per heavy atom. The molecule has 3 aromatic heterocycles. The van der Waals surface area contributed by atoms with E-state index in [-0.39, 0.29) is 11.4 Å². The van der Waals surface area contributed by atoms with Gasteiger partial charge < -0.3 is 4.98 Å². The van der Waals surface area contributed by atoms with Crippen LogP contribution in [-0.4, -0.2) is 36.2 Å². The molecule has 1 N–H and O–H groups in total. The second-order valence-corrected chi connectivity index (χ2v) is 7.31. The maximum atomic E-state index is 13.1. The Bertz CT molecular complexity index is 1230. The third-order valence-electron chi connectivity index (χ3n) is 5.22. The number of nitrogens with zero attached hydrogens (tertiary/aromatic N) is 5. The highest BCUT2D eigenvalue weighted by atomic mass is 19.1. The second-order valence-electron chi connectivity index (χ2n) is 7.31. The van der Waals surface area contributed by atoms with Gasteiger partial charge in [-0.3, -0.25) is 14.7 Å². The minimum atomic E-state index is -0.272. The van der Waals surface area contributed by atoms with Crippen LogP contribution in [0.25, 0.3) is 17.1 Å². The predicted molar refractivity (Wildman–Crippen MR) is 109 cm³/mol. The van der Waals surface area contributed by atoms with E-state index in [1.807, 2.05) is 24.5 Å². The van der Waals surface area contributed by atoms with Crippen LogP contribution in [0.15, 0.2) is 66.0 Å². The Morgan fingerprint density at radius 3 is 2.80 bits per heavy atom. The van der Waals surface area contributed by atoms with E-state index in [0.29, 0.717) is 25.3 Å². The number of aromatic amines is 1. The zero-order valence-electron chi connectivity index (χ0n) is 16.1. The van der Waals surface area contributed by atoms with Gasteiger partial charge in [0.25, 0.3) is 5.56 Å². The van der Waals surface area contributed by atoms with Crippen molar-refractivity contribution in [2.45, 2.75) is 19.5 Å². The summed E-state index contributed by atoms with van der Waals surface area (Å²) in [7, 11) is 0. The Morgan fingerprint density at radius 2 is 2.00 bits per heavy atom. The summed E-state index contributed by atoms with van der Waals surface area (Å²) in [6.45, 7) is 2.05. The molecule has 4 aromatic rings. The van der Waals surface area contributed by atoms with Gasteiger partial charge in [-0.2, -0.15) is 5.10 Å². The zero-order valence-corrected chi connectivity index (χ0v) is 16.1. The van der Waals surface area contributed by atoms with Gasteiger partial charge in [-0.1, -0.05) is 0 Å². The Hall–Kier alpha value is -3.65. The lowest BCUT2D eigenvalue weighted by Crippen LogP contribution is -2.35. The number of aromatic nitrogens is 5. The molecule has 150 valence electrons. The van der Waals surface area contributed by atoms with Crippen molar-refractivity contribution in [1.82, 2.24) is 29.6 Å². The first kappa shape index (κ1) is 18.4. The van der Waals surface area contributed by atoms with Gasteiger partial charge in [-0.25, -0.2) is 14.1 Å². The summed E-state index contributed by atoms with van der Waals surface area (Å²) in [6.07, 6.45) is 7.78. The maximum Gasteiger partial charge on any atom is 0.254 e. The molecule has 0 unspecified atom stereocenters. The molecule has 0 aliphatic carbocycles. The van der Waals surface area contributed by atoms with E-state index in [1.165, 1.54) is 12.1 Å². The van der Waals surface area contributed by atoms with Crippen molar-refractivity contribution in [3.63, 3.8) is 0 Å². The summed E-state index contributed by atoms with van der Waals surface area (Å²) in [6, 6.07) is 9.92. The van der Waals surface area contributed by atoms with E-state index in [2.05, 4.69) is 20.0 Å². The fourth-order valence-electron chi connectivity index (χ4n) is 3.70. The van der Waals surface area contributed by atoms with Gasteiger partial charge in [0.15, 0.2) is 0 Å². The smallest absolute Gasteiger partial charge is 0.254 e. The molecule has 0 saturated heterocycles. The molecule has 0 spiro atoms. The largest absolute Gasteiger partial charge is 0.306 e. The highest BCUT2D eigenvalue weighted by Gasteiger charge is 2.22. The quantitative estimate of drug-likeness (QED) is 0.568. The van der Waals surface area contributed by atoms with Gasteiger partial charge in [-0.15, -0.1) is 0 Å². The van der Waals surface area contributed by atoms with Gasteiger partial charge in [-0.05, 0) is 42.8 Å². The van der Waals surface area contributed by atoms with Crippen LogP contribution in [0.1, 0.15) is 16.8 Å². The molecule has 30 heavy (non-hydrogen) atoms. The lowest BCUT2D eigenvalue weighted by molar-refractivity contribution is 0.240. The number of hydrogen-bond donors (Lipinski definition) is 1. The first-order valence-electron chi connectivity index (χ1n) is 9.70. The third-order valence-corrected chi connectivity index (χ3v) is 5.22. The van der Waals surface area contributed by atoms with Crippen molar-refractivity contribution in [3.05, 3.63) is 94.2 Å². The molecule has 5 rings (SSSR count). The van der Waals surface area contributed by atoms with Crippen molar-refractivity contribution in [2.24, 2.45) is 0 Å². The normalized spacial score (nSPS) is 13.9. The van der Waals surface area contributed by atoms with Crippen LogP contribution in [0.3, 0.4) is 0 Å². The van der Waals surface area contributed by atoms with E-state index in [9.17, 15) is 9.18 Å². The summed E-state index contributed by atoms with van der Waals surface area (Å²) in [4.78, 5) is 26.5. The van der Waals surface area contributed by atoms with Crippen molar-refractivity contribution in [2.75, 3.05) is 6.54 Å². The average molecular weight is 402 g/mol.